The van der Waals surface area contributed by atoms with E-state index in [-0.39, 0.29) is 25.1 Å². The molecule has 9 heteroatoms. The number of aliphatic hydroxyl groups is 2. The Morgan fingerprint density at radius 3 is 2.56 bits per heavy atom. The van der Waals surface area contributed by atoms with Gasteiger partial charge in [-0.1, -0.05) is 23.4 Å². The number of hydrogen-bond acceptors (Lipinski definition) is 7. The van der Waals surface area contributed by atoms with Crippen LogP contribution in [0.1, 0.15) is 6.42 Å². The van der Waals surface area contributed by atoms with Crippen molar-refractivity contribution >= 4 is 40.5 Å². The summed E-state index contributed by atoms with van der Waals surface area (Å²) in [6.07, 6.45) is 2.29. The first-order valence-corrected chi connectivity index (χ1v) is 8.93. The van der Waals surface area contributed by atoms with Gasteiger partial charge in [-0.05, 0) is 30.7 Å². The molecule has 0 fully saturated rings. The van der Waals surface area contributed by atoms with Gasteiger partial charge in [-0.15, -0.1) is 0 Å². The zero-order valence-electron chi connectivity index (χ0n) is 13.3. The van der Waals surface area contributed by atoms with Gasteiger partial charge < -0.3 is 20.5 Å². The number of anilines is 1. The second kappa shape index (κ2) is 8.01. The van der Waals surface area contributed by atoms with Crippen LogP contribution in [0, 0.1) is 5.92 Å². The van der Waals surface area contributed by atoms with Crippen molar-refractivity contribution < 1.29 is 10.2 Å². The third kappa shape index (κ3) is 4.21. The fraction of sp³-hybridized carbons (Fsp3) is 0.312. The Labute approximate surface area is 153 Å². The smallest absolute Gasteiger partial charge is 0.223 e. The molecular weight excluding hydrogens is 362 g/mol. The van der Waals surface area contributed by atoms with Gasteiger partial charge >= 0.3 is 0 Å². The van der Waals surface area contributed by atoms with Crippen LogP contribution in [0.3, 0.4) is 0 Å². The number of fused-ring (bicyclic) bond motifs is 1. The van der Waals surface area contributed by atoms with Crippen molar-refractivity contribution in [2.75, 3.05) is 18.9 Å². The van der Waals surface area contributed by atoms with Crippen molar-refractivity contribution in [3.05, 3.63) is 35.6 Å². The maximum absolute atomic E-state index is 9.20. The summed E-state index contributed by atoms with van der Waals surface area (Å²) < 4.78 is 1.86. The summed E-state index contributed by atoms with van der Waals surface area (Å²) in [7, 11) is 0. The van der Waals surface area contributed by atoms with Crippen LogP contribution in [-0.4, -0.2) is 42.9 Å². The van der Waals surface area contributed by atoms with Gasteiger partial charge in [-0.25, -0.2) is 9.97 Å². The lowest BCUT2D eigenvalue weighted by molar-refractivity contribution is 0.140. The van der Waals surface area contributed by atoms with Crippen LogP contribution in [0.4, 0.5) is 5.95 Å². The highest BCUT2D eigenvalue weighted by Crippen LogP contribution is 2.32. The van der Waals surface area contributed by atoms with Crippen molar-refractivity contribution in [3.63, 3.8) is 0 Å². The van der Waals surface area contributed by atoms with Crippen LogP contribution < -0.4 is 5.73 Å². The highest BCUT2D eigenvalue weighted by atomic mass is 35.5. The Kier molecular flexibility index (Phi) is 5.74. The second-order valence-corrected chi connectivity index (χ2v) is 7.07. The number of aromatic nitrogens is 4. The summed E-state index contributed by atoms with van der Waals surface area (Å²) >= 11 is 7.36. The van der Waals surface area contributed by atoms with Gasteiger partial charge in [0.1, 0.15) is 10.5 Å². The Morgan fingerprint density at radius 1 is 1.16 bits per heavy atom. The van der Waals surface area contributed by atoms with E-state index in [1.807, 2.05) is 28.8 Å². The van der Waals surface area contributed by atoms with Crippen molar-refractivity contribution in [2.24, 2.45) is 5.92 Å². The molecule has 0 spiro atoms. The summed E-state index contributed by atoms with van der Waals surface area (Å²) in [6, 6.07) is 7.44. The molecule has 7 nitrogen and oxygen atoms in total. The van der Waals surface area contributed by atoms with Crippen LogP contribution in [0.25, 0.3) is 11.2 Å². The lowest BCUT2D eigenvalue weighted by atomic mass is 10.1. The van der Waals surface area contributed by atoms with E-state index in [0.29, 0.717) is 34.2 Å². The predicted octanol–water partition coefficient (Wildman–Crippen LogP) is 2.20. The number of halogens is 1. The number of nitrogens with two attached hydrogens (primary N) is 1. The molecule has 0 radical (unpaired) electrons. The van der Waals surface area contributed by atoms with Crippen molar-refractivity contribution in [1.82, 2.24) is 19.5 Å². The minimum atomic E-state index is -0.167. The molecule has 0 saturated carbocycles. The third-order valence-electron chi connectivity index (χ3n) is 3.77. The van der Waals surface area contributed by atoms with E-state index in [1.165, 1.54) is 11.8 Å². The molecule has 3 rings (SSSR count). The zero-order valence-corrected chi connectivity index (χ0v) is 14.9. The maximum Gasteiger partial charge on any atom is 0.223 e. The maximum atomic E-state index is 9.20. The van der Waals surface area contributed by atoms with E-state index in [4.69, 9.17) is 17.3 Å². The molecule has 0 unspecified atom stereocenters. The number of nitrogen functional groups attached to an aromatic ring is 1. The highest BCUT2D eigenvalue weighted by molar-refractivity contribution is 7.99. The number of imidazole rings is 1. The number of aliphatic hydroxyl groups excluding tert-OH is 2. The molecule has 1 aromatic carbocycles. The van der Waals surface area contributed by atoms with Gasteiger partial charge in [0, 0.05) is 35.6 Å². The van der Waals surface area contributed by atoms with E-state index < -0.39 is 0 Å². The third-order valence-corrected chi connectivity index (χ3v) is 5.01. The number of benzene rings is 1. The van der Waals surface area contributed by atoms with Crippen LogP contribution in [-0.2, 0) is 6.54 Å². The van der Waals surface area contributed by atoms with Crippen LogP contribution in [0.5, 0.6) is 0 Å². The molecule has 25 heavy (non-hydrogen) atoms. The fourth-order valence-corrected chi connectivity index (χ4v) is 3.35. The summed E-state index contributed by atoms with van der Waals surface area (Å²) in [4.78, 5) is 14.0. The summed E-state index contributed by atoms with van der Waals surface area (Å²) in [6.45, 7) is 0.458. The Morgan fingerprint density at radius 2 is 1.88 bits per heavy atom. The number of rotatable bonds is 7. The highest BCUT2D eigenvalue weighted by Gasteiger charge is 2.15. The molecule has 0 bridgehead atoms. The SMILES string of the molecule is Nc1nc(Sc2ccc(Cl)cc2)c2ncn(CCC(CO)CO)c2n1. The van der Waals surface area contributed by atoms with Crippen LogP contribution >= 0.6 is 23.4 Å². The molecule has 132 valence electrons. The van der Waals surface area contributed by atoms with Gasteiger partial charge in [0.15, 0.2) is 5.65 Å². The molecular formula is C16H18ClN5O2S. The van der Waals surface area contributed by atoms with Gasteiger partial charge in [-0.3, -0.25) is 0 Å². The minimum absolute atomic E-state index is 0.0576. The topological polar surface area (TPSA) is 110 Å². The van der Waals surface area contributed by atoms with Crippen molar-refractivity contribution in [3.8, 4) is 0 Å². The lowest BCUT2D eigenvalue weighted by Gasteiger charge is -2.11. The molecule has 2 aromatic heterocycles. The normalized spacial score (nSPS) is 11.5. The lowest BCUT2D eigenvalue weighted by Crippen LogP contribution is -2.14. The molecule has 0 aliphatic carbocycles. The van der Waals surface area contributed by atoms with E-state index in [9.17, 15) is 10.2 Å². The fourth-order valence-electron chi connectivity index (χ4n) is 2.35. The Bertz CT molecular complexity index is 852. The van der Waals surface area contributed by atoms with E-state index >= 15 is 0 Å². The monoisotopic (exact) mass is 379 g/mol. The summed E-state index contributed by atoms with van der Waals surface area (Å²) in [5.41, 5.74) is 7.16. The molecule has 4 N–H and O–H groups in total. The van der Waals surface area contributed by atoms with E-state index in [0.717, 1.165) is 4.90 Å². The van der Waals surface area contributed by atoms with Gasteiger partial charge in [0.2, 0.25) is 5.95 Å². The molecule has 0 aliphatic heterocycles. The van der Waals surface area contributed by atoms with Gasteiger partial charge in [-0.2, -0.15) is 4.98 Å². The van der Waals surface area contributed by atoms with Gasteiger partial charge in [0.25, 0.3) is 0 Å². The van der Waals surface area contributed by atoms with E-state index in [1.54, 1.807) is 6.33 Å². The molecule has 2 heterocycles. The standard InChI is InChI=1S/C16H18ClN5O2S/c17-11-1-3-12(4-2-11)25-15-13-14(20-16(18)21-15)22(9-19-13)6-5-10(7-23)8-24/h1-4,9-10,23-24H,5-8H2,(H2,18,20,21). The Balaban J connectivity index is 1.88. The minimum Gasteiger partial charge on any atom is -0.396 e. The van der Waals surface area contributed by atoms with Gasteiger partial charge in [0.05, 0.1) is 6.33 Å². The summed E-state index contributed by atoms with van der Waals surface area (Å²) in [5.74, 6) is 0.00567. The first-order valence-electron chi connectivity index (χ1n) is 7.74. The number of nitrogens with zero attached hydrogens (tertiary/aromatic N) is 4. The molecule has 3 aromatic rings. The molecule has 0 amide bonds. The van der Waals surface area contributed by atoms with Crippen LogP contribution in [0.15, 0.2) is 40.5 Å². The van der Waals surface area contributed by atoms with E-state index in [2.05, 4.69) is 15.0 Å². The first kappa shape index (κ1) is 17.9. The van der Waals surface area contributed by atoms with Crippen molar-refractivity contribution in [2.45, 2.75) is 22.9 Å². The zero-order chi connectivity index (χ0) is 17.8. The first-order chi connectivity index (χ1) is 12.1. The van der Waals surface area contributed by atoms with Crippen LogP contribution in [0.2, 0.25) is 5.02 Å². The predicted molar refractivity (Wildman–Crippen MR) is 97.6 cm³/mol. The molecule has 0 saturated heterocycles. The largest absolute Gasteiger partial charge is 0.396 e. The quantitative estimate of drug-likeness (QED) is 0.540. The summed E-state index contributed by atoms with van der Waals surface area (Å²) in [5, 5.41) is 19.7. The average molecular weight is 380 g/mol. The molecule has 0 aliphatic rings. The molecule has 0 atom stereocenters. The second-order valence-electron chi connectivity index (χ2n) is 5.57. The average Bonchev–Trinajstić information content (AvgIpc) is 3.01. The number of hydrogen-bond donors (Lipinski definition) is 3. The Hall–Kier alpha value is -1.87. The van der Waals surface area contributed by atoms with Crippen molar-refractivity contribution in [1.29, 1.82) is 0 Å². The number of aryl methyl sites for hydroxylation is 1.